The third kappa shape index (κ3) is 4.60. The van der Waals surface area contributed by atoms with Gasteiger partial charge in [-0.25, -0.2) is 5.01 Å². The normalized spacial score (nSPS) is 10.3. The second-order valence-corrected chi connectivity index (χ2v) is 3.52. The number of primary amides is 1. The number of rotatable bonds is 5. The van der Waals surface area contributed by atoms with Crippen LogP contribution in [0.25, 0.3) is 0 Å². The second kappa shape index (κ2) is 6.33. The molecule has 1 amide bonds. The molecule has 1 rings (SSSR count). The fourth-order valence-electron chi connectivity index (χ4n) is 1.03. The molecule has 1 aromatic rings. The number of ether oxygens (including phenoxy) is 1. The Labute approximate surface area is 104 Å². The monoisotopic (exact) mass is 250 g/mol. The Morgan fingerprint density at radius 1 is 1.33 bits per heavy atom. The van der Waals surface area contributed by atoms with E-state index in [2.05, 4.69) is 10.3 Å². The molecule has 0 fully saturated rings. The van der Waals surface area contributed by atoms with Crippen molar-refractivity contribution >= 4 is 17.6 Å². The summed E-state index contributed by atoms with van der Waals surface area (Å²) in [5, 5.41) is 9.06. The molecule has 2 N–H and O–H groups in total. The molecular formula is C11H14N4O3. The van der Waals surface area contributed by atoms with Crippen molar-refractivity contribution in [2.45, 2.75) is 6.92 Å². The van der Waals surface area contributed by atoms with E-state index in [1.54, 1.807) is 31.3 Å². The third-order valence-electron chi connectivity index (χ3n) is 1.92. The SMILES string of the molecule is CC(=O)OCN(C)N=Nc1ccc(C(N)=O)cc1. The summed E-state index contributed by atoms with van der Waals surface area (Å²) in [6, 6.07) is 6.35. The van der Waals surface area contributed by atoms with Crippen LogP contribution in [0.1, 0.15) is 17.3 Å². The second-order valence-electron chi connectivity index (χ2n) is 3.52. The molecule has 0 heterocycles. The highest BCUT2D eigenvalue weighted by Crippen LogP contribution is 2.13. The molecule has 0 saturated carbocycles. The summed E-state index contributed by atoms with van der Waals surface area (Å²) in [5.41, 5.74) is 6.07. The first kappa shape index (κ1) is 13.6. The molecule has 7 heteroatoms. The van der Waals surface area contributed by atoms with Crippen LogP contribution in [-0.4, -0.2) is 30.7 Å². The van der Waals surface area contributed by atoms with Gasteiger partial charge in [-0.05, 0) is 24.3 Å². The zero-order valence-corrected chi connectivity index (χ0v) is 10.2. The van der Waals surface area contributed by atoms with Gasteiger partial charge in [0.05, 0.1) is 5.69 Å². The first-order valence-electron chi connectivity index (χ1n) is 5.15. The smallest absolute Gasteiger partial charge is 0.304 e. The number of benzene rings is 1. The fourth-order valence-corrected chi connectivity index (χ4v) is 1.03. The number of amides is 1. The Morgan fingerprint density at radius 2 is 1.94 bits per heavy atom. The lowest BCUT2D eigenvalue weighted by Gasteiger charge is -2.09. The van der Waals surface area contributed by atoms with Crippen LogP contribution in [0.5, 0.6) is 0 Å². The number of hydrogen-bond acceptors (Lipinski definition) is 5. The molecule has 18 heavy (non-hydrogen) atoms. The zero-order valence-electron chi connectivity index (χ0n) is 10.2. The van der Waals surface area contributed by atoms with Crippen LogP contribution in [0.2, 0.25) is 0 Å². The van der Waals surface area contributed by atoms with Gasteiger partial charge in [-0.3, -0.25) is 9.59 Å². The lowest BCUT2D eigenvalue weighted by molar-refractivity contribution is -0.145. The van der Waals surface area contributed by atoms with E-state index in [9.17, 15) is 9.59 Å². The van der Waals surface area contributed by atoms with E-state index in [1.807, 2.05) is 0 Å². The number of nitrogens with two attached hydrogens (primary N) is 1. The highest BCUT2D eigenvalue weighted by molar-refractivity contribution is 5.92. The molecule has 7 nitrogen and oxygen atoms in total. The lowest BCUT2D eigenvalue weighted by Crippen LogP contribution is -2.16. The summed E-state index contributed by atoms with van der Waals surface area (Å²) in [4.78, 5) is 21.4. The summed E-state index contributed by atoms with van der Waals surface area (Å²) in [7, 11) is 1.62. The van der Waals surface area contributed by atoms with E-state index < -0.39 is 5.91 Å². The highest BCUT2D eigenvalue weighted by Gasteiger charge is 1.99. The molecule has 0 saturated heterocycles. The van der Waals surface area contributed by atoms with Crippen LogP contribution in [0.3, 0.4) is 0 Å². The largest absolute Gasteiger partial charge is 0.443 e. The third-order valence-corrected chi connectivity index (χ3v) is 1.92. The Hall–Kier alpha value is -2.44. The van der Waals surface area contributed by atoms with Crippen molar-refractivity contribution in [3.63, 3.8) is 0 Å². The minimum Gasteiger partial charge on any atom is -0.443 e. The van der Waals surface area contributed by atoms with Crippen LogP contribution in [0.15, 0.2) is 34.6 Å². The van der Waals surface area contributed by atoms with Gasteiger partial charge in [0.2, 0.25) is 5.91 Å². The number of hydrogen-bond donors (Lipinski definition) is 1. The van der Waals surface area contributed by atoms with Crippen LogP contribution in [0, 0.1) is 0 Å². The maximum absolute atomic E-state index is 10.8. The average Bonchev–Trinajstić information content (AvgIpc) is 2.34. The Balaban J connectivity index is 2.55. The maximum atomic E-state index is 10.8. The topological polar surface area (TPSA) is 97.3 Å². The van der Waals surface area contributed by atoms with Crippen molar-refractivity contribution in [3.8, 4) is 0 Å². The van der Waals surface area contributed by atoms with E-state index in [-0.39, 0.29) is 12.7 Å². The Morgan fingerprint density at radius 3 is 2.44 bits per heavy atom. The van der Waals surface area contributed by atoms with Gasteiger partial charge < -0.3 is 10.5 Å². The van der Waals surface area contributed by atoms with E-state index in [4.69, 9.17) is 10.5 Å². The number of esters is 1. The average molecular weight is 250 g/mol. The predicted octanol–water partition coefficient (Wildman–Crippen LogP) is 1.24. The molecule has 0 spiro atoms. The molecular weight excluding hydrogens is 236 g/mol. The Bertz CT molecular complexity index is 456. The maximum Gasteiger partial charge on any atom is 0.304 e. The van der Waals surface area contributed by atoms with Crippen molar-refractivity contribution in [2.24, 2.45) is 16.1 Å². The van der Waals surface area contributed by atoms with Gasteiger partial charge in [0.1, 0.15) is 0 Å². The van der Waals surface area contributed by atoms with Gasteiger partial charge in [-0.15, -0.1) is 5.11 Å². The molecule has 0 radical (unpaired) electrons. The van der Waals surface area contributed by atoms with Crippen molar-refractivity contribution in [1.29, 1.82) is 0 Å². The van der Waals surface area contributed by atoms with E-state index in [0.29, 0.717) is 11.3 Å². The Kier molecular flexibility index (Phi) is 4.79. The van der Waals surface area contributed by atoms with Crippen molar-refractivity contribution in [2.75, 3.05) is 13.8 Å². The summed E-state index contributed by atoms with van der Waals surface area (Å²) in [5.74, 6) is -0.881. The molecule has 0 bridgehead atoms. The van der Waals surface area contributed by atoms with Gasteiger partial charge in [0.25, 0.3) is 0 Å². The van der Waals surface area contributed by atoms with Crippen LogP contribution >= 0.6 is 0 Å². The van der Waals surface area contributed by atoms with E-state index in [1.165, 1.54) is 11.9 Å². The summed E-state index contributed by atoms with van der Waals surface area (Å²) in [6.45, 7) is 1.34. The molecule has 0 aliphatic rings. The molecule has 0 aliphatic carbocycles. The minimum atomic E-state index is -0.495. The van der Waals surface area contributed by atoms with Crippen molar-refractivity contribution in [3.05, 3.63) is 29.8 Å². The van der Waals surface area contributed by atoms with E-state index in [0.717, 1.165) is 0 Å². The van der Waals surface area contributed by atoms with Gasteiger partial charge in [0, 0.05) is 19.5 Å². The summed E-state index contributed by atoms with van der Waals surface area (Å²) < 4.78 is 4.71. The number of carbonyl (C=O) groups is 2. The minimum absolute atomic E-state index is 0.0260. The number of nitrogens with zero attached hydrogens (tertiary/aromatic N) is 3. The van der Waals surface area contributed by atoms with Gasteiger partial charge in [-0.2, -0.15) is 0 Å². The molecule has 96 valence electrons. The number of carbonyl (C=O) groups excluding carboxylic acids is 2. The first-order valence-corrected chi connectivity index (χ1v) is 5.15. The predicted molar refractivity (Wildman–Crippen MR) is 63.9 cm³/mol. The van der Waals surface area contributed by atoms with Crippen molar-refractivity contribution in [1.82, 2.24) is 5.01 Å². The quantitative estimate of drug-likeness (QED) is 0.368. The lowest BCUT2D eigenvalue weighted by atomic mass is 10.2. The van der Waals surface area contributed by atoms with Crippen LogP contribution in [0.4, 0.5) is 5.69 Å². The van der Waals surface area contributed by atoms with Crippen LogP contribution < -0.4 is 5.73 Å². The summed E-state index contributed by atoms with van der Waals surface area (Å²) >= 11 is 0. The van der Waals surface area contributed by atoms with Gasteiger partial charge >= 0.3 is 5.97 Å². The molecule has 0 atom stereocenters. The fraction of sp³-hybridized carbons (Fsp3) is 0.273. The summed E-state index contributed by atoms with van der Waals surface area (Å²) in [6.07, 6.45) is 0. The molecule has 0 unspecified atom stereocenters. The first-order chi connectivity index (χ1) is 8.49. The zero-order chi connectivity index (χ0) is 13.5. The molecule has 0 aliphatic heterocycles. The molecule has 1 aromatic carbocycles. The van der Waals surface area contributed by atoms with Crippen molar-refractivity contribution < 1.29 is 14.3 Å². The van der Waals surface area contributed by atoms with Crippen LogP contribution in [-0.2, 0) is 9.53 Å². The highest BCUT2D eigenvalue weighted by atomic mass is 16.5. The van der Waals surface area contributed by atoms with Gasteiger partial charge in [-0.1, -0.05) is 5.22 Å². The van der Waals surface area contributed by atoms with E-state index >= 15 is 0 Å². The molecule has 0 aromatic heterocycles. The standard InChI is InChI=1S/C11H14N4O3/c1-8(16)18-7-15(2)14-13-10-5-3-9(4-6-10)11(12)17/h3-6H,7H2,1-2H3,(H2,12,17). The van der Waals surface area contributed by atoms with Gasteiger partial charge in [0.15, 0.2) is 6.73 Å².